The highest BCUT2D eigenvalue weighted by Crippen LogP contribution is 2.49. The van der Waals surface area contributed by atoms with Gasteiger partial charge in [0.25, 0.3) is 0 Å². The van der Waals surface area contributed by atoms with Gasteiger partial charge in [0.1, 0.15) is 5.82 Å². The van der Waals surface area contributed by atoms with Crippen molar-refractivity contribution in [3.05, 3.63) is 47.8 Å². The normalized spacial score (nSPS) is 17.0. The smallest absolute Gasteiger partial charge is 0.314 e. The van der Waals surface area contributed by atoms with Gasteiger partial charge in [-0.1, -0.05) is 24.3 Å². The second-order valence-electron chi connectivity index (χ2n) is 4.56. The summed E-state index contributed by atoms with van der Waals surface area (Å²) in [5.41, 5.74) is -0.0566. The number of hydrogen-bond acceptors (Lipinski definition) is 1. The molecular formula is C14H11FO2. The van der Waals surface area contributed by atoms with Crippen molar-refractivity contribution in [2.45, 2.75) is 18.3 Å². The first-order valence-corrected chi connectivity index (χ1v) is 5.56. The van der Waals surface area contributed by atoms with Crippen molar-refractivity contribution >= 4 is 16.7 Å². The molecule has 0 atom stereocenters. The Balaban J connectivity index is 2.20. The van der Waals surface area contributed by atoms with Gasteiger partial charge in [0, 0.05) is 5.39 Å². The van der Waals surface area contributed by atoms with Crippen LogP contribution in [0.4, 0.5) is 4.39 Å². The zero-order valence-electron chi connectivity index (χ0n) is 9.11. The number of hydrogen-bond donors (Lipinski definition) is 1. The lowest BCUT2D eigenvalue weighted by Gasteiger charge is -2.11. The van der Waals surface area contributed by atoms with Crippen LogP contribution in [0.2, 0.25) is 0 Å². The van der Waals surface area contributed by atoms with E-state index in [1.165, 1.54) is 6.07 Å². The van der Waals surface area contributed by atoms with Gasteiger partial charge in [-0.05, 0) is 35.9 Å². The van der Waals surface area contributed by atoms with E-state index in [4.69, 9.17) is 0 Å². The topological polar surface area (TPSA) is 37.3 Å². The van der Waals surface area contributed by atoms with E-state index >= 15 is 0 Å². The van der Waals surface area contributed by atoms with Gasteiger partial charge in [0.05, 0.1) is 5.41 Å². The lowest BCUT2D eigenvalue weighted by atomic mass is 9.93. The Hall–Kier alpha value is -1.90. The Morgan fingerprint density at radius 3 is 2.65 bits per heavy atom. The summed E-state index contributed by atoms with van der Waals surface area (Å²) in [6, 6.07) is 10.1. The molecule has 1 aliphatic carbocycles. The third-order valence-electron chi connectivity index (χ3n) is 3.54. The van der Waals surface area contributed by atoms with Crippen LogP contribution in [0.1, 0.15) is 18.4 Å². The molecule has 2 nitrogen and oxygen atoms in total. The van der Waals surface area contributed by atoms with Crippen LogP contribution in [0, 0.1) is 5.82 Å². The van der Waals surface area contributed by atoms with Crippen LogP contribution in [0.25, 0.3) is 10.8 Å². The Morgan fingerprint density at radius 2 is 2.00 bits per heavy atom. The first-order valence-electron chi connectivity index (χ1n) is 5.56. The van der Waals surface area contributed by atoms with Crippen molar-refractivity contribution in [1.29, 1.82) is 0 Å². The van der Waals surface area contributed by atoms with Crippen molar-refractivity contribution in [3.8, 4) is 0 Å². The third kappa shape index (κ3) is 1.42. The van der Waals surface area contributed by atoms with Gasteiger partial charge in [-0.3, -0.25) is 4.79 Å². The summed E-state index contributed by atoms with van der Waals surface area (Å²) in [4.78, 5) is 11.2. The molecule has 0 heterocycles. The first-order chi connectivity index (χ1) is 8.13. The molecule has 0 radical (unpaired) electrons. The van der Waals surface area contributed by atoms with E-state index in [1.807, 2.05) is 6.07 Å². The minimum absolute atomic E-state index is 0.300. The average molecular weight is 230 g/mol. The molecule has 3 heteroatoms. The zero-order chi connectivity index (χ0) is 12.0. The van der Waals surface area contributed by atoms with Crippen LogP contribution in [-0.4, -0.2) is 11.1 Å². The standard InChI is InChI=1S/C14H11FO2/c15-12-3-1-2-9-4-5-10(8-11(9)12)14(6-7-14)13(16)17/h1-5,8H,6-7H2,(H,16,17). The fraction of sp³-hybridized carbons (Fsp3) is 0.214. The second-order valence-corrected chi connectivity index (χ2v) is 4.56. The van der Waals surface area contributed by atoms with Gasteiger partial charge < -0.3 is 5.11 Å². The van der Waals surface area contributed by atoms with E-state index in [0.717, 1.165) is 5.39 Å². The molecular weight excluding hydrogens is 219 g/mol. The summed E-state index contributed by atoms with van der Waals surface area (Å²) in [5.74, 6) is -1.11. The number of carbonyl (C=O) groups is 1. The number of benzene rings is 2. The van der Waals surface area contributed by atoms with Crippen LogP contribution < -0.4 is 0 Å². The minimum Gasteiger partial charge on any atom is -0.481 e. The maximum atomic E-state index is 13.6. The summed E-state index contributed by atoms with van der Waals surface area (Å²) < 4.78 is 13.6. The number of carboxylic acids is 1. The van der Waals surface area contributed by atoms with Crippen molar-refractivity contribution < 1.29 is 14.3 Å². The van der Waals surface area contributed by atoms with Crippen molar-refractivity contribution in [2.75, 3.05) is 0 Å². The molecule has 0 unspecified atom stereocenters. The molecule has 0 amide bonds. The lowest BCUT2D eigenvalue weighted by Crippen LogP contribution is -2.19. The number of rotatable bonds is 2. The third-order valence-corrected chi connectivity index (χ3v) is 3.54. The van der Waals surface area contributed by atoms with Gasteiger partial charge >= 0.3 is 5.97 Å². The van der Waals surface area contributed by atoms with E-state index in [1.54, 1.807) is 24.3 Å². The molecule has 3 rings (SSSR count). The Kier molecular flexibility index (Phi) is 1.99. The summed E-state index contributed by atoms with van der Waals surface area (Å²) >= 11 is 0. The maximum absolute atomic E-state index is 13.6. The summed E-state index contributed by atoms with van der Waals surface area (Å²) in [6.45, 7) is 0. The number of carboxylic acid groups (broad SMARTS) is 1. The van der Waals surface area contributed by atoms with Crippen molar-refractivity contribution in [2.24, 2.45) is 0 Å². The van der Waals surface area contributed by atoms with Gasteiger partial charge in [0.15, 0.2) is 0 Å². The van der Waals surface area contributed by atoms with Gasteiger partial charge in [-0.15, -0.1) is 0 Å². The molecule has 17 heavy (non-hydrogen) atoms. The quantitative estimate of drug-likeness (QED) is 0.860. The number of halogens is 1. The molecule has 1 saturated carbocycles. The first kappa shape index (κ1) is 10.3. The molecule has 0 aromatic heterocycles. The maximum Gasteiger partial charge on any atom is 0.314 e. The van der Waals surface area contributed by atoms with E-state index in [0.29, 0.717) is 23.8 Å². The largest absolute Gasteiger partial charge is 0.481 e. The molecule has 86 valence electrons. The number of aliphatic carboxylic acids is 1. The molecule has 0 aliphatic heterocycles. The summed E-state index contributed by atoms with van der Waals surface area (Å²) in [6.07, 6.45) is 1.28. The molecule has 1 N–H and O–H groups in total. The average Bonchev–Trinajstić information content (AvgIpc) is 3.10. The van der Waals surface area contributed by atoms with E-state index in [2.05, 4.69) is 0 Å². The summed E-state index contributed by atoms with van der Waals surface area (Å²) in [5, 5.41) is 10.5. The fourth-order valence-electron chi connectivity index (χ4n) is 2.28. The van der Waals surface area contributed by atoms with Crippen LogP contribution >= 0.6 is 0 Å². The highest BCUT2D eigenvalue weighted by atomic mass is 19.1. The summed E-state index contributed by atoms with van der Waals surface area (Å²) in [7, 11) is 0. The zero-order valence-corrected chi connectivity index (χ0v) is 9.11. The highest BCUT2D eigenvalue weighted by molar-refractivity contribution is 5.89. The SMILES string of the molecule is O=C(O)C1(c2ccc3cccc(F)c3c2)CC1. The Morgan fingerprint density at radius 1 is 1.24 bits per heavy atom. The van der Waals surface area contributed by atoms with Gasteiger partial charge in [-0.25, -0.2) is 4.39 Å². The Bertz CT molecular complexity index is 615. The van der Waals surface area contributed by atoms with Gasteiger partial charge in [-0.2, -0.15) is 0 Å². The van der Waals surface area contributed by atoms with E-state index in [-0.39, 0.29) is 5.82 Å². The molecule has 0 saturated heterocycles. The predicted octanol–water partition coefficient (Wildman–Crippen LogP) is 3.10. The monoisotopic (exact) mass is 230 g/mol. The van der Waals surface area contributed by atoms with E-state index in [9.17, 15) is 14.3 Å². The van der Waals surface area contributed by atoms with Gasteiger partial charge in [0.2, 0.25) is 0 Å². The molecule has 1 aliphatic rings. The second kappa shape index (κ2) is 3.29. The molecule has 0 bridgehead atoms. The minimum atomic E-state index is -0.812. The fourth-order valence-corrected chi connectivity index (χ4v) is 2.28. The van der Waals surface area contributed by atoms with Crippen molar-refractivity contribution in [1.82, 2.24) is 0 Å². The van der Waals surface area contributed by atoms with E-state index < -0.39 is 11.4 Å². The van der Waals surface area contributed by atoms with Crippen molar-refractivity contribution in [3.63, 3.8) is 0 Å². The Labute approximate surface area is 97.7 Å². The highest BCUT2D eigenvalue weighted by Gasteiger charge is 2.51. The van der Waals surface area contributed by atoms with Crippen LogP contribution in [0.3, 0.4) is 0 Å². The molecule has 0 spiro atoms. The molecule has 2 aromatic rings. The lowest BCUT2D eigenvalue weighted by molar-refractivity contribution is -0.140. The van der Waals surface area contributed by atoms with Crippen LogP contribution in [0.5, 0.6) is 0 Å². The molecule has 2 aromatic carbocycles. The molecule has 1 fully saturated rings. The number of fused-ring (bicyclic) bond motifs is 1. The van der Waals surface area contributed by atoms with Crippen LogP contribution in [0.15, 0.2) is 36.4 Å². The van der Waals surface area contributed by atoms with Crippen LogP contribution in [-0.2, 0) is 10.2 Å². The predicted molar refractivity (Wildman–Crippen MR) is 62.5 cm³/mol.